The van der Waals surface area contributed by atoms with E-state index in [0.29, 0.717) is 11.1 Å². The summed E-state index contributed by atoms with van der Waals surface area (Å²) >= 11 is 0. The number of hydrogen-bond donors (Lipinski definition) is 0. The third-order valence-corrected chi connectivity index (χ3v) is 2.39. The Kier molecular flexibility index (Phi) is 2.74. The summed E-state index contributed by atoms with van der Waals surface area (Å²) in [4.78, 5) is 10.4. The molecule has 0 aliphatic carbocycles. The number of benzene rings is 1. The van der Waals surface area contributed by atoms with Crippen molar-refractivity contribution in [1.29, 1.82) is 0 Å². The summed E-state index contributed by atoms with van der Waals surface area (Å²) in [5.74, 6) is -0.375. The molecule has 0 atom stereocenters. The molecule has 0 spiro atoms. The third-order valence-electron chi connectivity index (χ3n) is 2.39. The van der Waals surface area contributed by atoms with E-state index in [1.54, 1.807) is 6.20 Å². The molecule has 2 rings (SSSR count). The number of hydrogen-bond acceptors (Lipinski definition) is 2. The van der Waals surface area contributed by atoms with Crippen LogP contribution in [-0.2, 0) is 0 Å². The maximum Gasteiger partial charge on any atom is 0.295 e. The van der Waals surface area contributed by atoms with Crippen LogP contribution in [0.15, 0.2) is 43.2 Å². The largest absolute Gasteiger partial charge is 0.324 e. The first-order valence-electron chi connectivity index (χ1n) is 4.86. The van der Waals surface area contributed by atoms with Crippen molar-refractivity contribution in [1.82, 2.24) is 4.57 Å². The highest BCUT2D eigenvalue weighted by molar-refractivity contribution is 5.73. The predicted molar refractivity (Wildman–Crippen MR) is 62.9 cm³/mol. The normalized spacial score (nSPS) is 10.2. The van der Waals surface area contributed by atoms with Crippen molar-refractivity contribution < 1.29 is 9.31 Å². The van der Waals surface area contributed by atoms with Gasteiger partial charge in [0.25, 0.3) is 5.69 Å². The molecule has 0 aliphatic rings. The second-order valence-corrected chi connectivity index (χ2v) is 3.45. The van der Waals surface area contributed by atoms with Crippen molar-refractivity contribution in [3.8, 4) is 11.1 Å². The van der Waals surface area contributed by atoms with E-state index in [4.69, 9.17) is 0 Å². The molecule has 1 heterocycles. The molecule has 1 aromatic carbocycles. The quantitative estimate of drug-likeness (QED) is 0.602. The number of nitro groups is 1. The lowest BCUT2D eigenvalue weighted by Crippen LogP contribution is -1.88. The standard InChI is InChI=1S/C12H9FN2O2/c1-2-14-7-11(12(8-14)15(16)17)9-3-5-10(13)6-4-9/h2-8H,1H2. The van der Waals surface area contributed by atoms with E-state index in [0.717, 1.165) is 0 Å². The molecule has 1 aromatic heterocycles. The Labute approximate surface area is 96.8 Å². The molecular formula is C12H9FN2O2. The van der Waals surface area contributed by atoms with Crippen LogP contribution < -0.4 is 0 Å². The van der Waals surface area contributed by atoms with E-state index in [1.165, 1.54) is 41.2 Å². The summed E-state index contributed by atoms with van der Waals surface area (Å²) in [6, 6.07) is 5.55. The lowest BCUT2D eigenvalue weighted by molar-refractivity contribution is -0.384. The fraction of sp³-hybridized carbons (Fsp3) is 0. The predicted octanol–water partition coefficient (Wildman–Crippen LogP) is 3.30. The average Bonchev–Trinajstić information content (AvgIpc) is 2.74. The van der Waals surface area contributed by atoms with Gasteiger partial charge in [0, 0.05) is 12.4 Å². The summed E-state index contributed by atoms with van der Waals surface area (Å²) in [5.41, 5.74) is 1.00. The molecule has 0 saturated carbocycles. The lowest BCUT2D eigenvalue weighted by atomic mass is 10.1. The molecule has 2 aromatic rings. The molecule has 0 aliphatic heterocycles. The first kappa shape index (κ1) is 11.1. The van der Waals surface area contributed by atoms with E-state index in [9.17, 15) is 14.5 Å². The van der Waals surface area contributed by atoms with Crippen LogP contribution in [0.4, 0.5) is 10.1 Å². The highest BCUT2D eigenvalue weighted by Crippen LogP contribution is 2.30. The molecule has 0 saturated heterocycles. The van der Waals surface area contributed by atoms with Gasteiger partial charge >= 0.3 is 0 Å². The number of aromatic nitrogens is 1. The van der Waals surface area contributed by atoms with E-state index in [-0.39, 0.29) is 11.5 Å². The summed E-state index contributed by atoms with van der Waals surface area (Å²) in [5, 5.41) is 10.9. The summed E-state index contributed by atoms with van der Waals surface area (Å²) in [6.45, 7) is 3.53. The highest BCUT2D eigenvalue weighted by Gasteiger charge is 2.17. The second kappa shape index (κ2) is 4.21. The van der Waals surface area contributed by atoms with Crippen LogP contribution in [0.1, 0.15) is 0 Å². The lowest BCUT2D eigenvalue weighted by Gasteiger charge is -1.97. The summed E-state index contributed by atoms with van der Waals surface area (Å²) < 4.78 is 14.3. The first-order valence-corrected chi connectivity index (χ1v) is 4.86. The van der Waals surface area contributed by atoms with E-state index < -0.39 is 4.92 Å². The number of halogens is 1. The molecule has 86 valence electrons. The molecule has 0 unspecified atom stereocenters. The molecule has 4 nitrogen and oxygen atoms in total. The van der Waals surface area contributed by atoms with Gasteiger partial charge < -0.3 is 4.57 Å². The van der Waals surface area contributed by atoms with Crippen molar-refractivity contribution in [2.24, 2.45) is 0 Å². The Morgan fingerprint density at radius 3 is 2.47 bits per heavy atom. The zero-order valence-corrected chi connectivity index (χ0v) is 8.84. The topological polar surface area (TPSA) is 48.1 Å². The summed E-state index contributed by atoms with van der Waals surface area (Å²) in [7, 11) is 0. The zero-order valence-electron chi connectivity index (χ0n) is 8.84. The fourth-order valence-corrected chi connectivity index (χ4v) is 1.57. The summed E-state index contributed by atoms with van der Waals surface area (Å²) in [6.07, 6.45) is 4.41. The van der Waals surface area contributed by atoms with Gasteiger partial charge in [-0.1, -0.05) is 18.7 Å². The van der Waals surface area contributed by atoms with Gasteiger partial charge in [0.05, 0.1) is 16.7 Å². The van der Waals surface area contributed by atoms with Gasteiger partial charge in [0.1, 0.15) is 5.82 Å². The van der Waals surface area contributed by atoms with Gasteiger partial charge in [0.15, 0.2) is 0 Å². The molecule has 0 fully saturated rings. The minimum atomic E-state index is -0.474. The van der Waals surface area contributed by atoms with Gasteiger partial charge in [0.2, 0.25) is 0 Å². The van der Waals surface area contributed by atoms with Crippen LogP contribution in [0.2, 0.25) is 0 Å². The van der Waals surface area contributed by atoms with Gasteiger partial charge in [-0.3, -0.25) is 10.1 Å². The number of nitrogens with zero attached hydrogens (tertiary/aromatic N) is 2. The Morgan fingerprint density at radius 2 is 1.94 bits per heavy atom. The minimum absolute atomic E-state index is 0.0310. The van der Waals surface area contributed by atoms with Crippen LogP contribution >= 0.6 is 0 Å². The van der Waals surface area contributed by atoms with E-state index in [2.05, 4.69) is 6.58 Å². The van der Waals surface area contributed by atoms with Crippen LogP contribution in [0.25, 0.3) is 17.3 Å². The van der Waals surface area contributed by atoms with Gasteiger partial charge in [-0.25, -0.2) is 4.39 Å². The SMILES string of the molecule is C=Cn1cc(-c2ccc(F)cc2)c([N+](=O)[O-])c1. The molecular weight excluding hydrogens is 223 g/mol. The van der Waals surface area contributed by atoms with E-state index >= 15 is 0 Å². The van der Waals surface area contributed by atoms with Crippen molar-refractivity contribution in [3.05, 3.63) is 59.2 Å². The van der Waals surface area contributed by atoms with Crippen LogP contribution in [0.5, 0.6) is 0 Å². The smallest absolute Gasteiger partial charge is 0.295 e. The Bertz CT molecular complexity index is 573. The monoisotopic (exact) mass is 232 g/mol. The molecule has 5 heteroatoms. The highest BCUT2D eigenvalue weighted by atomic mass is 19.1. The van der Waals surface area contributed by atoms with Gasteiger partial charge in [-0.05, 0) is 17.7 Å². The minimum Gasteiger partial charge on any atom is -0.324 e. The molecule has 0 bridgehead atoms. The Morgan fingerprint density at radius 1 is 1.29 bits per heavy atom. The maximum absolute atomic E-state index is 12.8. The third kappa shape index (κ3) is 2.08. The molecule has 17 heavy (non-hydrogen) atoms. The van der Waals surface area contributed by atoms with Crippen molar-refractivity contribution in [2.75, 3.05) is 0 Å². The number of rotatable bonds is 3. The Balaban J connectivity index is 2.57. The molecule has 0 radical (unpaired) electrons. The zero-order chi connectivity index (χ0) is 12.4. The van der Waals surface area contributed by atoms with Crippen LogP contribution in [0, 0.1) is 15.9 Å². The Hall–Kier alpha value is -2.43. The van der Waals surface area contributed by atoms with Crippen LogP contribution in [-0.4, -0.2) is 9.49 Å². The van der Waals surface area contributed by atoms with Crippen LogP contribution in [0.3, 0.4) is 0 Å². The van der Waals surface area contributed by atoms with Gasteiger partial charge in [-0.2, -0.15) is 0 Å². The molecule has 0 amide bonds. The van der Waals surface area contributed by atoms with Crippen molar-refractivity contribution in [3.63, 3.8) is 0 Å². The van der Waals surface area contributed by atoms with Gasteiger partial charge in [-0.15, -0.1) is 0 Å². The fourth-order valence-electron chi connectivity index (χ4n) is 1.57. The average molecular weight is 232 g/mol. The molecule has 0 N–H and O–H groups in total. The maximum atomic E-state index is 12.8. The van der Waals surface area contributed by atoms with Crippen molar-refractivity contribution >= 4 is 11.9 Å². The first-order chi connectivity index (χ1) is 8.11. The van der Waals surface area contributed by atoms with E-state index in [1.807, 2.05) is 0 Å². The second-order valence-electron chi connectivity index (χ2n) is 3.45. The van der Waals surface area contributed by atoms with Crippen molar-refractivity contribution in [2.45, 2.75) is 0 Å².